The normalized spacial score (nSPS) is 10.5. The third kappa shape index (κ3) is 3.28. The Morgan fingerprint density at radius 3 is 2.72 bits per heavy atom. The molecular formula is C11H14F2N2O3. The summed E-state index contributed by atoms with van der Waals surface area (Å²) in [5.41, 5.74) is 4.76. The Balaban J connectivity index is 3.13. The van der Waals surface area contributed by atoms with E-state index in [4.69, 9.17) is 10.5 Å². The minimum atomic E-state index is -2.81. The maximum Gasteiger partial charge on any atom is 0.311 e. The molecule has 1 rings (SSSR count). The third-order valence-electron chi connectivity index (χ3n) is 2.19. The first-order chi connectivity index (χ1) is 8.49. The van der Waals surface area contributed by atoms with Crippen molar-refractivity contribution in [2.75, 3.05) is 19.5 Å². The van der Waals surface area contributed by atoms with Gasteiger partial charge >= 0.3 is 5.97 Å². The van der Waals surface area contributed by atoms with Gasteiger partial charge in [0.1, 0.15) is 0 Å². The van der Waals surface area contributed by atoms with Crippen molar-refractivity contribution in [1.82, 2.24) is 4.98 Å². The second kappa shape index (κ2) is 6.13. The summed E-state index contributed by atoms with van der Waals surface area (Å²) in [7, 11) is 1.33. The van der Waals surface area contributed by atoms with Gasteiger partial charge in [-0.25, -0.2) is 13.8 Å². The molecular weight excluding hydrogens is 246 g/mol. The molecule has 0 radical (unpaired) electrons. The number of hydrogen-bond donors (Lipinski definition) is 1. The number of carbonyl (C=O) groups excluding carboxylic acids is 1. The number of alkyl halides is 2. The van der Waals surface area contributed by atoms with Crippen LogP contribution < -0.4 is 10.5 Å². The third-order valence-corrected chi connectivity index (χ3v) is 2.19. The molecule has 0 aliphatic carbocycles. The Labute approximate surface area is 103 Å². The number of nitrogen functional groups attached to an aromatic ring is 1. The smallest absolute Gasteiger partial charge is 0.311 e. The molecule has 0 aliphatic heterocycles. The first-order valence-corrected chi connectivity index (χ1v) is 5.26. The van der Waals surface area contributed by atoms with E-state index in [2.05, 4.69) is 9.72 Å². The van der Waals surface area contributed by atoms with Gasteiger partial charge in [0.05, 0.1) is 31.4 Å². The van der Waals surface area contributed by atoms with Crippen molar-refractivity contribution in [3.63, 3.8) is 0 Å². The SMILES string of the molecule is CCOC(=O)Cc1nc(OC)cc(N)c1C(F)F. The average Bonchev–Trinajstić information content (AvgIpc) is 2.27. The number of carbonyl (C=O) groups is 1. The van der Waals surface area contributed by atoms with Crippen LogP contribution in [0.3, 0.4) is 0 Å². The van der Waals surface area contributed by atoms with Gasteiger partial charge in [-0.3, -0.25) is 4.79 Å². The van der Waals surface area contributed by atoms with Crippen molar-refractivity contribution in [3.05, 3.63) is 17.3 Å². The zero-order valence-electron chi connectivity index (χ0n) is 10.1. The van der Waals surface area contributed by atoms with Crippen molar-refractivity contribution in [2.45, 2.75) is 19.8 Å². The molecule has 7 heteroatoms. The molecule has 0 aliphatic rings. The van der Waals surface area contributed by atoms with Crippen LogP contribution in [0.4, 0.5) is 14.5 Å². The number of aromatic nitrogens is 1. The van der Waals surface area contributed by atoms with Crippen LogP contribution in [0.2, 0.25) is 0 Å². The number of nitrogens with two attached hydrogens (primary N) is 1. The van der Waals surface area contributed by atoms with Gasteiger partial charge < -0.3 is 15.2 Å². The number of halogens is 2. The van der Waals surface area contributed by atoms with Crippen molar-refractivity contribution in [3.8, 4) is 5.88 Å². The fraction of sp³-hybridized carbons (Fsp3) is 0.455. The number of rotatable bonds is 5. The Kier molecular flexibility index (Phi) is 4.82. The molecule has 0 amide bonds. The molecule has 0 atom stereocenters. The van der Waals surface area contributed by atoms with Crippen LogP contribution >= 0.6 is 0 Å². The molecule has 0 saturated heterocycles. The molecule has 0 aromatic carbocycles. The van der Waals surface area contributed by atoms with Gasteiger partial charge in [0.15, 0.2) is 0 Å². The second-order valence-electron chi connectivity index (χ2n) is 3.40. The number of pyridine rings is 1. The maximum absolute atomic E-state index is 12.8. The van der Waals surface area contributed by atoms with Gasteiger partial charge in [0, 0.05) is 11.8 Å². The maximum atomic E-state index is 12.8. The molecule has 5 nitrogen and oxygen atoms in total. The van der Waals surface area contributed by atoms with E-state index in [1.807, 2.05) is 0 Å². The number of anilines is 1. The summed E-state index contributed by atoms with van der Waals surface area (Å²) in [5.74, 6) is -0.559. The molecule has 1 aromatic rings. The first-order valence-electron chi connectivity index (χ1n) is 5.26. The zero-order chi connectivity index (χ0) is 13.7. The van der Waals surface area contributed by atoms with Crippen LogP contribution in [-0.4, -0.2) is 24.7 Å². The summed E-state index contributed by atoms with van der Waals surface area (Å²) in [6, 6.07) is 1.19. The highest BCUT2D eigenvalue weighted by atomic mass is 19.3. The van der Waals surface area contributed by atoms with Gasteiger partial charge in [0.25, 0.3) is 6.43 Å². The Morgan fingerprint density at radius 1 is 1.56 bits per heavy atom. The fourth-order valence-electron chi connectivity index (χ4n) is 1.44. The molecule has 100 valence electrons. The van der Waals surface area contributed by atoms with Crippen LogP contribution in [0.1, 0.15) is 24.6 Å². The highest BCUT2D eigenvalue weighted by Gasteiger charge is 2.21. The van der Waals surface area contributed by atoms with Gasteiger partial charge in [-0.15, -0.1) is 0 Å². The largest absolute Gasteiger partial charge is 0.481 e. The number of methoxy groups -OCH3 is 1. The topological polar surface area (TPSA) is 74.4 Å². The molecule has 0 unspecified atom stereocenters. The molecule has 0 fully saturated rings. The van der Waals surface area contributed by atoms with Gasteiger partial charge in [-0.2, -0.15) is 0 Å². The molecule has 0 spiro atoms. The predicted octanol–water partition coefficient (Wildman–Crippen LogP) is 1.72. The van der Waals surface area contributed by atoms with Crippen molar-refractivity contribution < 1.29 is 23.0 Å². The summed E-state index contributed by atoms with van der Waals surface area (Å²) >= 11 is 0. The number of hydrogen-bond acceptors (Lipinski definition) is 5. The van der Waals surface area contributed by atoms with Crippen molar-refractivity contribution >= 4 is 11.7 Å². The number of nitrogens with zero attached hydrogens (tertiary/aromatic N) is 1. The van der Waals surface area contributed by atoms with Crippen LogP contribution in [0, 0.1) is 0 Å². The van der Waals surface area contributed by atoms with Crippen molar-refractivity contribution in [1.29, 1.82) is 0 Å². The Morgan fingerprint density at radius 2 is 2.22 bits per heavy atom. The minimum absolute atomic E-state index is 0.0798. The van der Waals surface area contributed by atoms with Crippen LogP contribution in [0.5, 0.6) is 5.88 Å². The van der Waals surface area contributed by atoms with Crippen LogP contribution in [-0.2, 0) is 16.0 Å². The van der Waals surface area contributed by atoms with E-state index in [-0.39, 0.29) is 30.3 Å². The summed E-state index contributed by atoms with van der Waals surface area (Å²) in [6.45, 7) is 1.79. The van der Waals surface area contributed by atoms with E-state index in [1.165, 1.54) is 13.2 Å². The number of ether oxygens (including phenoxy) is 2. The Bertz CT molecular complexity index is 439. The van der Waals surface area contributed by atoms with Crippen molar-refractivity contribution in [2.24, 2.45) is 0 Å². The Hall–Kier alpha value is -1.92. The summed E-state index contributed by atoms with van der Waals surface area (Å²) < 4.78 is 35.2. The summed E-state index contributed by atoms with van der Waals surface area (Å²) in [5, 5.41) is 0. The minimum Gasteiger partial charge on any atom is -0.481 e. The highest BCUT2D eigenvalue weighted by molar-refractivity contribution is 5.73. The van der Waals surface area contributed by atoms with E-state index in [9.17, 15) is 13.6 Å². The molecule has 0 bridgehead atoms. The zero-order valence-corrected chi connectivity index (χ0v) is 10.1. The monoisotopic (exact) mass is 260 g/mol. The molecule has 1 aromatic heterocycles. The van der Waals surface area contributed by atoms with Gasteiger partial charge in [0.2, 0.25) is 5.88 Å². The van der Waals surface area contributed by atoms with E-state index < -0.39 is 18.0 Å². The summed E-state index contributed by atoms with van der Waals surface area (Å²) in [4.78, 5) is 15.1. The van der Waals surface area contributed by atoms with E-state index in [0.717, 1.165) is 0 Å². The molecule has 1 heterocycles. The fourth-order valence-corrected chi connectivity index (χ4v) is 1.44. The molecule has 18 heavy (non-hydrogen) atoms. The standard InChI is InChI=1S/C11H14F2N2O3/c1-3-18-9(16)5-7-10(11(12)13)6(14)4-8(15-7)17-2/h4,11H,3,5H2,1-2H3,(H2,14,15). The second-order valence-corrected chi connectivity index (χ2v) is 3.40. The van der Waals surface area contributed by atoms with Crippen LogP contribution in [0.25, 0.3) is 0 Å². The lowest BCUT2D eigenvalue weighted by Gasteiger charge is -2.12. The van der Waals surface area contributed by atoms with Gasteiger partial charge in [-0.05, 0) is 6.92 Å². The van der Waals surface area contributed by atoms with E-state index >= 15 is 0 Å². The van der Waals surface area contributed by atoms with Gasteiger partial charge in [-0.1, -0.05) is 0 Å². The summed E-state index contributed by atoms with van der Waals surface area (Å²) in [6.07, 6.45) is -3.18. The van der Waals surface area contributed by atoms with Crippen LogP contribution in [0.15, 0.2) is 6.07 Å². The highest BCUT2D eigenvalue weighted by Crippen LogP contribution is 2.30. The van der Waals surface area contributed by atoms with E-state index in [0.29, 0.717) is 0 Å². The predicted molar refractivity (Wildman–Crippen MR) is 60.5 cm³/mol. The lowest BCUT2D eigenvalue weighted by atomic mass is 10.1. The number of esters is 1. The quantitative estimate of drug-likeness (QED) is 0.816. The first kappa shape index (κ1) is 14.1. The molecule has 2 N–H and O–H groups in total. The average molecular weight is 260 g/mol. The molecule has 0 saturated carbocycles. The lowest BCUT2D eigenvalue weighted by molar-refractivity contribution is -0.142. The lowest BCUT2D eigenvalue weighted by Crippen LogP contribution is -2.13. The van der Waals surface area contributed by atoms with E-state index in [1.54, 1.807) is 6.92 Å².